The molecule has 1 aromatic carbocycles. The van der Waals surface area contributed by atoms with Crippen LogP contribution in [0.25, 0.3) is 0 Å². The van der Waals surface area contributed by atoms with Gasteiger partial charge in [-0.15, -0.1) is 0 Å². The second kappa shape index (κ2) is 6.57. The van der Waals surface area contributed by atoms with Gasteiger partial charge in [0.1, 0.15) is 0 Å². The second-order valence-corrected chi connectivity index (χ2v) is 6.74. The Labute approximate surface area is 114 Å². The van der Waals surface area contributed by atoms with E-state index in [-0.39, 0.29) is 11.3 Å². The van der Waals surface area contributed by atoms with Crippen LogP contribution >= 0.6 is 0 Å². The predicted molar refractivity (Wildman–Crippen MR) is 72.2 cm³/mol. The van der Waals surface area contributed by atoms with Gasteiger partial charge < -0.3 is 5.73 Å². The van der Waals surface area contributed by atoms with Gasteiger partial charge in [0.05, 0.1) is 16.0 Å². The average Bonchev–Trinajstić information content (AvgIpc) is 2.37. The van der Waals surface area contributed by atoms with Crippen LogP contribution < -0.4 is 5.73 Å². The molecular weight excluding hydrogens is 268 g/mol. The first kappa shape index (κ1) is 14.6. The fraction of sp³-hybridized carbons (Fsp3) is 0.571. The highest BCUT2D eigenvalue weighted by Gasteiger charge is 2.26. The molecule has 0 heterocycles. The number of rotatable bonds is 2. The molecule has 0 amide bonds. The van der Waals surface area contributed by atoms with Crippen molar-refractivity contribution in [2.24, 2.45) is 5.73 Å². The second-order valence-electron chi connectivity index (χ2n) is 5.07. The van der Waals surface area contributed by atoms with Crippen molar-refractivity contribution in [2.45, 2.75) is 54.7 Å². The molecule has 1 aromatic rings. The summed E-state index contributed by atoms with van der Waals surface area (Å²) < 4.78 is 38.6. The van der Waals surface area contributed by atoms with Crippen molar-refractivity contribution in [1.82, 2.24) is 0 Å². The molecule has 2 N–H and O–H groups in total. The molecule has 0 spiro atoms. The highest BCUT2D eigenvalue weighted by molar-refractivity contribution is 7.85. The SMILES string of the molecule is NC1CCCCCCC1S(=O)c1ccc(F)c(F)c1. The number of hydrogen-bond donors (Lipinski definition) is 1. The molecule has 106 valence electrons. The van der Waals surface area contributed by atoms with Crippen molar-refractivity contribution in [2.75, 3.05) is 0 Å². The van der Waals surface area contributed by atoms with Gasteiger partial charge in [0.25, 0.3) is 0 Å². The zero-order valence-corrected chi connectivity index (χ0v) is 11.6. The standard InChI is InChI=1S/C14H19F2NOS/c15-11-8-7-10(9-12(11)16)19(18)14-6-4-2-1-3-5-13(14)17/h7-9,13-14H,1-6,17H2. The first-order valence-corrected chi connectivity index (χ1v) is 7.92. The van der Waals surface area contributed by atoms with Gasteiger partial charge in [0.15, 0.2) is 11.6 Å². The van der Waals surface area contributed by atoms with Crippen molar-refractivity contribution >= 4 is 10.8 Å². The molecule has 1 saturated carbocycles. The normalized spacial score (nSPS) is 26.5. The molecule has 1 aliphatic rings. The third-order valence-corrected chi connectivity index (χ3v) is 5.51. The lowest BCUT2D eigenvalue weighted by molar-refractivity contribution is 0.456. The molecule has 5 heteroatoms. The van der Waals surface area contributed by atoms with Gasteiger partial charge >= 0.3 is 0 Å². The Bertz CT molecular complexity index is 467. The minimum atomic E-state index is -1.37. The summed E-state index contributed by atoms with van der Waals surface area (Å²) >= 11 is 0. The first-order chi connectivity index (χ1) is 9.09. The zero-order valence-electron chi connectivity index (χ0n) is 10.8. The molecule has 0 bridgehead atoms. The van der Waals surface area contributed by atoms with Crippen LogP contribution in [0.2, 0.25) is 0 Å². The molecule has 0 radical (unpaired) electrons. The van der Waals surface area contributed by atoms with Crippen molar-refractivity contribution < 1.29 is 13.0 Å². The van der Waals surface area contributed by atoms with Gasteiger partial charge in [-0.1, -0.05) is 25.7 Å². The van der Waals surface area contributed by atoms with Gasteiger partial charge in [-0.2, -0.15) is 0 Å². The minimum absolute atomic E-state index is 0.130. The largest absolute Gasteiger partial charge is 0.327 e. The van der Waals surface area contributed by atoms with E-state index in [1.165, 1.54) is 6.07 Å². The van der Waals surface area contributed by atoms with Gasteiger partial charge in [-0.3, -0.25) is 4.21 Å². The Kier molecular flexibility index (Phi) is 5.05. The maximum Gasteiger partial charge on any atom is 0.160 e. The monoisotopic (exact) mass is 287 g/mol. The van der Waals surface area contributed by atoms with Gasteiger partial charge in [0, 0.05) is 10.9 Å². The van der Waals surface area contributed by atoms with Crippen LogP contribution in [0.5, 0.6) is 0 Å². The van der Waals surface area contributed by atoms with Gasteiger partial charge in [0.2, 0.25) is 0 Å². The summed E-state index contributed by atoms with van der Waals surface area (Å²) in [6, 6.07) is 3.31. The van der Waals surface area contributed by atoms with Crippen LogP contribution in [0.3, 0.4) is 0 Å². The fourth-order valence-corrected chi connectivity index (χ4v) is 4.13. The molecule has 2 rings (SSSR count). The molecule has 19 heavy (non-hydrogen) atoms. The number of halogens is 2. The Balaban J connectivity index is 2.18. The highest BCUT2D eigenvalue weighted by Crippen LogP contribution is 2.24. The zero-order chi connectivity index (χ0) is 13.8. The molecule has 0 aliphatic heterocycles. The molecule has 3 unspecified atom stereocenters. The van der Waals surface area contributed by atoms with Crippen molar-refractivity contribution in [1.29, 1.82) is 0 Å². The molecule has 0 aromatic heterocycles. The summed E-state index contributed by atoms with van der Waals surface area (Å²) in [6.45, 7) is 0. The van der Waals surface area contributed by atoms with Crippen LogP contribution in [0.15, 0.2) is 23.1 Å². The maximum absolute atomic E-state index is 13.2. The lowest BCUT2D eigenvalue weighted by Gasteiger charge is -2.25. The third-order valence-electron chi connectivity index (χ3n) is 3.65. The van der Waals surface area contributed by atoms with Crippen LogP contribution in [-0.4, -0.2) is 15.5 Å². The smallest absolute Gasteiger partial charge is 0.160 e. The Hall–Kier alpha value is -0.810. The Morgan fingerprint density at radius 1 is 1.05 bits per heavy atom. The number of hydrogen-bond acceptors (Lipinski definition) is 2. The number of nitrogens with two attached hydrogens (primary N) is 1. The van der Waals surface area contributed by atoms with Gasteiger partial charge in [-0.25, -0.2) is 8.78 Å². The summed E-state index contributed by atoms with van der Waals surface area (Å²) in [7, 11) is -1.37. The van der Waals surface area contributed by atoms with E-state index in [1.807, 2.05) is 0 Å². The average molecular weight is 287 g/mol. The van der Waals surface area contributed by atoms with E-state index in [4.69, 9.17) is 5.73 Å². The predicted octanol–water partition coefficient (Wildman–Crippen LogP) is 3.12. The summed E-state index contributed by atoms with van der Waals surface area (Å²) in [5.41, 5.74) is 6.09. The van der Waals surface area contributed by atoms with Crippen LogP contribution in [-0.2, 0) is 10.8 Å². The van der Waals surface area contributed by atoms with Crippen molar-refractivity contribution in [3.63, 3.8) is 0 Å². The summed E-state index contributed by atoms with van der Waals surface area (Å²) in [4.78, 5) is 0.333. The third kappa shape index (κ3) is 3.60. The van der Waals surface area contributed by atoms with Crippen molar-refractivity contribution in [3.8, 4) is 0 Å². The first-order valence-electron chi connectivity index (χ1n) is 6.71. The summed E-state index contributed by atoms with van der Waals surface area (Å²) in [6.07, 6.45) is 5.96. The molecule has 2 nitrogen and oxygen atoms in total. The summed E-state index contributed by atoms with van der Waals surface area (Å²) in [5.74, 6) is -1.87. The highest BCUT2D eigenvalue weighted by atomic mass is 32.2. The number of benzene rings is 1. The fourth-order valence-electron chi connectivity index (χ4n) is 2.52. The Morgan fingerprint density at radius 2 is 1.74 bits per heavy atom. The van der Waals surface area contributed by atoms with E-state index in [0.29, 0.717) is 4.90 Å². The van der Waals surface area contributed by atoms with E-state index >= 15 is 0 Å². The van der Waals surface area contributed by atoms with E-state index in [0.717, 1.165) is 50.7 Å². The maximum atomic E-state index is 13.2. The van der Waals surface area contributed by atoms with Gasteiger partial charge in [-0.05, 0) is 31.0 Å². The van der Waals surface area contributed by atoms with Crippen LogP contribution in [0.4, 0.5) is 8.78 Å². The minimum Gasteiger partial charge on any atom is -0.327 e. The lowest BCUT2D eigenvalue weighted by Crippen LogP contribution is -2.38. The Morgan fingerprint density at radius 3 is 2.42 bits per heavy atom. The lowest BCUT2D eigenvalue weighted by atomic mass is 9.97. The van der Waals surface area contributed by atoms with Crippen molar-refractivity contribution in [3.05, 3.63) is 29.8 Å². The van der Waals surface area contributed by atoms with Crippen LogP contribution in [0.1, 0.15) is 38.5 Å². The molecule has 1 fully saturated rings. The van der Waals surface area contributed by atoms with E-state index in [9.17, 15) is 13.0 Å². The molecule has 0 saturated heterocycles. The quantitative estimate of drug-likeness (QED) is 0.908. The molecular formula is C14H19F2NOS. The summed E-state index contributed by atoms with van der Waals surface area (Å²) in [5, 5.41) is -0.162. The topological polar surface area (TPSA) is 43.1 Å². The van der Waals surface area contributed by atoms with E-state index < -0.39 is 22.4 Å². The molecule has 1 aliphatic carbocycles. The van der Waals surface area contributed by atoms with E-state index in [1.54, 1.807) is 0 Å². The van der Waals surface area contributed by atoms with Crippen LogP contribution in [0, 0.1) is 11.6 Å². The molecule has 3 atom stereocenters. The van der Waals surface area contributed by atoms with E-state index in [2.05, 4.69) is 0 Å².